The molecule has 1 heterocycles. The highest BCUT2D eigenvalue weighted by Crippen LogP contribution is 2.34. The van der Waals surface area contributed by atoms with E-state index >= 15 is 0 Å². The standard InChI is InChI=1S/C22H28N2O3S/c1-4-5-6-7-18-8-10-20(11-9-18)23-28(26,27)21-12-13-22-19(15-21)14-16(2)24(22)17(3)25/h8-13,15-16,23H,4-7,14H2,1-3H3. The van der Waals surface area contributed by atoms with Gasteiger partial charge in [-0.05, 0) is 67.6 Å². The summed E-state index contributed by atoms with van der Waals surface area (Å²) < 4.78 is 28.3. The van der Waals surface area contributed by atoms with E-state index in [0.29, 0.717) is 12.1 Å². The molecule has 0 fully saturated rings. The van der Waals surface area contributed by atoms with Gasteiger partial charge in [-0.3, -0.25) is 9.52 Å². The first kappa shape index (κ1) is 20.4. The van der Waals surface area contributed by atoms with Gasteiger partial charge in [-0.2, -0.15) is 0 Å². The molecule has 6 heteroatoms. The second kappa shape index (κ2) is 8.35. The van der Waals surface area contributed by atoms with Gasteiger partial charge in [-0.25, -0.2) is 8.42 Å². The average Bonchev–Trinajstić information content (AvgIpc) is 2.98. The van der Waals surface area contributed by atoms with Crippen molar-refractivity contribution in [3.63, 3.8) is 0 Å². The number of amides is 1. The number of carbonyl (C=O) groups is 1. The molecule has 1 unspecified atom stereocenters. The molecule has 1 aliphatic heterocycles. The summed E-state index contributed by atoms with van der Waals surface area (Å²) in [6, 6.07) is 12.6. The predicted molar refractivity (Wildman–Crippen MR) is 113 cm³/mol. The van der Waals surface area contributed by atoms with Gasteiger partial charge in [-0.15, -0.1) is 0 Å². The van der Waals surface area contributed by atoms with Gasteiger partial charge in [0.2, 0.25) is 5.91 Å². The molecule has 0 aromatic heterocycles. The third kappa shape index (κ3) is 4.38. The number of unbranched alkanes of at least 4 members (excludes halogenated alkanes) is 2. The Morgan fingerprint density at radius 3 is 2.50 bits per heavy atom. The van der Waals surface area contributed by atoms with Gasteiger partial charge in [-0.1, -0.05) is 31.9 Å². The van der Waals surface area contributed by atoms with E-state index in [1.165, 1.54) is 25.3 Å². The predicted octanol–water partition coefficient (Wildman–Crippen LogP) is 4.52. The molecule has 0 radical (unpaired) electrons. The Morgan fingerprint density at radius 1 is 1.14 bits per heavy atom. The van der Waals surface area contributed by atoms with E-state index in [1.807, 2.05) is 31.2 Å². The highest BCUT2D eigenvalue weighted by atomic mass is 32.2. The molecule has 0 saturated heterocycles. The SMILES string of the molecule is CCCCCc1ccc(NS(=O)(=O)c2ccc3c(c2)CC(C)N3C(C)=O)cc1. The Kier molecular flexibility index (Phi) is 6.08. The molecule has 0 saturated carbocycles. The van der Waals surface area contributed by atoms with Gasteiger partial charge in [0, 0.05) is 24.3 Å². The van der Waals surface area contributed by atoms with Crippen molar-refractivity contribution in [2.45, 2.75) is 63.8 Å². The number of nitrogens with one attached hydrogen (secondary N) is 1. The van der Waals surface area contributed by atoms with E-state index < -0.39 is 10.0 Å². The van der Waals surface area contributed by atoms with Crippen molar-refractivity contribution in [3.8, 4) is 0 Å². The third-order valence-corrected chi connectivity index (χ3v) is 6.57. The summed E-state index contributed by atoms with van der Waals surface area (Å²) in [4.78, 5) is 13.8. The Hall–Kier alpha value is -2.34. The molecule has 5 nitrogen and oxygen atoms in total. The van der Waals surface area contributed by atoms with E-state index in [2.05, 4.69) is 11.6 Å². The van der Waals surface area contributed by atoms with Gasteiger partial charge in [0.25, 0.3) is 10.0 Å². The monoisotopic (exact) mass is 400 g/mol. The molecule has 150 valence electrons. The number of hydrogen-bond acceptors (Lipinski definition) is 3. The molecule has 1 aliphatic rings. The topological polar surface area (TPSA) is 66.5 Å². The van der Waals surface area contributed by atoms with Crippen molar-refractivity contribution in [2.24, 2.45) is 0 Å². The normalized spacial score (nSPS) is 16.1. The van der Waals surface area contributed by atoms with Crippen LogP contribution in [0.25, 0.3) is 0 Å². The van der Waals surface area contributed by atoms with Crippen LogP contribution in [0.5, 0.6) is 0 Å². The zero-order valence-electron chi connectivity index (χ0n) is 16.7. The number of fused-ring (bicyclic) bond motifs is 1. The van der Waals surface area contributed by atoms with E-state index in [9.17, 15) is 13.2 Å². The van der Waals surface area contributed by atoms with Crippen molar-refractivity contribution >= 4 is 27.3 Å². The summed E-state index contributed by atoms with van der Waals surface area (Å²) in [6.45, 7) is 5.68. The lowest BCUT2D eigenvalue weighted by Crippen LogP contribution is -2.33. The lowest BCUT2D eigenvalue weighted by Gasteiger charge is -2.20. The number of nitrogens with zero attached hydrogens (tertiary/aromatic N) is 1. The van der Waals surface area contributed by atoms with E-state index in [1.54, 1.807) is 23.1 Å². The molecule has 0 aliphatic carbocycles. The number of sulfonamides is 1. The molecule has 2 aromatic rings. The molecule has 28 heavy (non-hydrogen) atoms. The van der Waals surface area contributed by atoms with Crippen LogP contribution in [-0.4, -0.2) is 20.4 Å². The average molecular weight is 401 g/mol. The quantitative estimate of drug-likeness (QED) is 0.695. The maximum Gasteiger partial charge on any atom is 0.261 e. The summed E-state index contributed by atoms with van der Waals surface area (Å²) in [6.07, 6.45) is 5.20. The Balaban J connectivity index is 1.75. The number of anilines is 2. The second-order valence-electron chi connectivity index (χ2n) is 7.49. The lowest BCUT2D eigenvalue weighted by molar-refractivity contribution is -0.116. The van der Waals surface area contributed by atoms with Gasteiger partial charge >= 0.3 is 0 Å². The summed E-state index contributed by atoms with van der Waals surface area (Å²) in [7, 11) is -3.68. The molecule has 1 amide bonds. The maximum atomic E-state index is 12.8. The third-order valence-electron chi connectivity index (χ3n) is 5.19. The summed E-state index contributed by atoms with van der Waals surface area (Å²) in [5.41, 5.74) is 3.46. The van der Waals surface area contributed by atoms with Gasteiger partial charge in [0.1, 0.15) is 0 Å². The minimum Gasteiger partial charge on any atom is -0.309 e. The molecule has 0 bridgehead atoms. The number of hydrogen-bond donors (Lipinski definition) is 1. The molecule has 1 N–H and O–H groups in total. The van der Waals surface area contributed by atoms with E-state index in [-0.39, 0.29) is 16.8 Å². The van der Waals surface area contributed by atoms with Crippen molar-refractivity contribution in [3.05, 3.63) is 53.6 Å². The van der Waals surface area contributed by atoms with Crippen LogP contribution in [0, 0.1) is 0 Å². The lowest BCUT2D eigenvalue weighted by atomic mass is 10.1. The number of carbonyl (C=O) groups excluding carboxylic acids is 1. The van der Waals surface area contributed by atoms with Crippen LogP contribution < -0.4 is 9.62 Å². The second-order valence-corrected chi connectivity index (χ2v) is 9.17. The largest absolute Gasteiger partial charge is 0.309 e. The number of rotatable bonds is 7. The maximum absolute atomic E-state index is 12.8. The Labute approximate surface area is 167 Å². The number of aryl methyl sites for hydroxylation is 1. The Morgan fingerprint density at radius 2 is 1.86 bits per heavy atom. The van der Waals surface area contributed by atoms with E-state index in [0.717, 1.165) is 24.1 Å². The molecular formula is C22H28N2O3S. The van der Waals surface area contributed by atoms with Crippen LogP contribution in [0.15, 0.2) is 47.4 Å². The molecule has 3 rings (SSSR count). The van der Waals surface area contributed by atoms with Crippen LogP contribution >= 0.6 is 0 Å². The van der Waals surface area contributed by atoms with Gasteiger partial charge < -0.3 is 4.90 Å². The fourth-order valence-corrected chi connectivity index (χ4v) is 4.90. The van der Waals surface area contributed by atoms with Crippen molar-refractivity contribution in [1.29, 1.82) is 0 Å². The first-order valence-corrected chi connectivity index (χ1v) is 11.3. The van der Waals surface area contributed by atoms with Crippen molar-refractivity contribution in [2.75, 3.05) is 9.62 Å². The molecule has 2 aromatic carbocycles. The summed E-state index contributed by atoms with van der Waals surface area (Å²) in [5.74, 6) is -0.0287. The molecular weight excluding hydrogens is 372 g/mol. The van der Waals surface area contributed by atoms with Crippen molar-refractivity contribution < 1.29 is 13.2 Å². The summed E-state index contributed by atoms with van der Waals surface area (Å²) in [5, 5.41) is 0. The minimum atomic E-state index is -3.68. The highest BCUT2D eigenvalue weighted by molar-refractivity contribution is 7.92. The fraction of sp³-hybridized carbons (Fsp3) is 0.409. The Bertz CT molecular complexity index is 952. The zero-order chi connectivity index (χ0) is 20.3. The smallest absolute Gasteiger partial charge is 0.261 e. The first-order valence-electron chi connectivity index (χ1n) is 9.86. The number of benzene rings is 2. The van der Waals surface area contributed by atoms with Crippen LogP contribution in [0.4, 0.5) is 11.4 Å². The van der Waals surface area contributed by atoms with Crippen LogP contribution in [0.2, 0.25) is 0 Å². The molecule has 1 atom stereocenters. The van der Waals surface area contributed by atoms with Crippen LogP contribution in [-0.2, 0) is 27.7 Å². The summed E-state index contributed by atoms with van der Waals surface area (Å²) >= 11 is 0. The van der Waals surface area contributed by atoms with Crippen molar-refractivity contribution in [1.82, 2.24) is 0 Å². The van der Waals surface area contributed by atoms with Gasteiger partial charge in [0.05, 0.1) is 4.90 Å². The minimum absolute atomic E-state index is 0.0287. The highest BCUT2D eigenvalue weighted by Gasteiger charge is 2.30. The zero-order valence-corrected chi connectivity index (χ0v) is 17.6. The van der Waals surface area contributed by atoms with Crippen LogP contribution in [0.3, 0.4) is 0 Å². The first-order chi connectivity index (χ1) is 13.3. The van der Waals surface area contributed by atoms with Crippen LogP contribution in [0.1, 0.15) is 51.2 Å². The molecule has 0 spiro atoms. The fourth-order valence-electron chi connectivity index (χ4n) is 3.79. The van der Waals surface area contributed by atoms with E-state index in [4.69, 9.17) is 0 Å². The van der Waals surface area contributed by atoms with Gasteiger partial charge in [0.15, 0.2) is 0 Å².